The van der Waals surface area contributed by atoms with E-state index >= 15 is 0 Å². The fraction of sp³-hybridized carbons (Fsp3) is 0.300. The van der Waals surface area contributed by atoms with E-state index < -0.39 is 0 Å². The van der Waals surface area contributed by atoms with Gasteiger partial charge in [-0.25, -0.2) is 4.98 Å². The Morgan fingerprint density at radius 1 is 1.36 bits per heavy atom. The van der Waals surface area contributed by atoms with Crippen LogP contribution in [0.2, 0.25) is 0 Å². The highest BCUT2D eigenvalue weighted by Gasteiger charge is 2.19. The molecule has 2 aromatic rings. The summed E-state index contributed by atoms with van der Waals surface area (Å²) in [6, 6.07) is 0. The third-order valence-corrected chi connectivity index (χ3v) is 3.41. The van der Waals surface area contributed by atoms with E-state index in [9.17, 15) is 0 Å². The first kappa shape index (κ1) is 8.20. The quantitative estimate of drug-likeness (QED) is 0.813. The zero-order valence-corrected chi connectivity index (χ0v) is 8.55. The maximum absolute atomic E-state index is 4.02. The summed E-state index contributed by atoms with van der Waals surface area (Å²) in [5.41, 5.74) is 4.18. The summed E-state index contributed by atoms with van der Waals surface area (Å²) in [6.07, 6.45) is 3.63. The van der Waals surface area contributed by atoms with Crippen LogP contribution in [0, 0.1) is 0 Å². The van der Waals surface area contributed by atoms with Crippen molar-refractivity contribution in [2.24, 2.45) is 0 Å². The van der Waals surface area contributed by atoms with Crippen molar-refractivity contribution >= 4 is 11.3 Å². The molecule has 1 N–H and O–H groups in total. The summed E-state index contributed by atoms with van der Waals surface area (Å²) >= 11 is 1.81. The first-order valence-corrected chi connectivity index (χ1v) is 5.59. The van der Waals surface area contributed by atoms with Crippen LogP contribution in [0.4, 0.5) is 0 Å². The molecule has 3 rings (SSSR count). The van der Waals surface area contributed by atoms with E-state index in [1.807, 2.05) is 6.20 Å². The highest BCUT2D eigenvalue weighted by atomic mass is 32.1. The Balaban J connectivity index is 1.71. The predicted molar refractivity (Wildman–Crippen MR) is 55.9 cm³/mol. The molecule has 1 aliphatic heterocycles. The zero-order valence-electron chi connectivity index (χ0n) is 7.73. The number of thiophene rings is 1. The number of nitrogens with zero attached hydrogens (tertiary/aromatic N) is 2. The number of hydrogen-bond donors (Lipinski definition) is 1. The van der Waals surface area contributed by atoms with Gasteiger partial charge in [-0.1, -0.05) is 0 Å². The fourth-order valence-corrected chi connectivity index (χ4v) is 2.74. The Morgan fingerprint density at radius 3 is 2.79 bits per heavy atom. The number of H-pyrrole nitrogens is 1. The summed E-state index contributed by atoms with van der Waals surface area (Å²) in [6.45, 7) is 3.13. The molecule has 3 heterocycles. The normalized spacial score (nSPS) is 16.0. The van der Waals surface area contributed by atoms with Gasteiger partial charge in [0.1, 0.15) is 0 Å². The van der Waals surface area contributed by atoms with E-state index in [1.54, 1.807) is 17.7 Å². The molecule has 14 heavy (non-hydrogen) atoms. The number of aromatic nitrogens is 2. The molecule has 4 heteroatoms. The molecule has 0 fully saturated rings. The molecule has 72 valence electrons. The lowest BCUT2D eigenvalue weighted by atomic mass is 10.2. The predicted octanol–water partition coefficient (Wildman–Crippen LogP) is 1.99. The number of imidazole rings is 1. The average Bonchev–Trinajstić information content (AvgIpc) is 2.78. The standard InChI is InChI=1S/C10H11N3S/c1-10(12-7-11-1)4-13-2-8-5-14-6-9(8)3-13/h1,5-7H,2-4H2,(H,11,12). The molecule has 0 radical (unpaired) electrons. The van der Waals surface area contributed by atoms with Gasteiger partial charge in [0.25, 0.3) is 0 Å². The third kappa shape index (κ3) is 1.36. The molecule has 0 aromatic carbocycles. The number of fused-ring (bicyclic) bond motifs is 1. The molecule has 2 aromatic heterocycles. The summed E-state index contributed by atoms with van der Waals surface area (Å²) < 4.78 is 0. The molecule has 0 saturated heterocycles. The second-order valence-corrected chi connectivity index (χ2v) is 4.39. The fourth-order valence-electron chi connectivity index (χ4n) is 1.89. The number of aromatic amines is 1. The van der Waals surface area contributed by atoms with Crippen LogP contribution in [-0.2, 0) is 19.6 Å². The molecule has 0 atom stereocenters. The van der Waals surface area contributed by atoms with E-state index in [-0.39, 0.29) is 0 Å². The topological polar surface area (TPSA) is 31.9 Å². The summed E-state index contributed by atoms with van der Waals surface area (Å²) in [5.74, 6) is 0. The molecular formula is C10H11N3S. The Morgan fingerprint density at radius 2 is 2.14 bits per heavy atom. The van der Waals surface area contributed by atoms with E-state index in [0.717, 1.165) is 19.6 Å². The summed E-state index contributed by atoms with van der Waals surface area (Å²) in [5, 5.41) is 4.50. The maximum Gasteiger partial charge on any atom is 0.0922 e. The minimum Gasteiger partial charge on any atom is -0.347 e. The van der Waals surface area contributed by atoms with Gasteiger partial charge in [0.15, 0.2) is 0 Å². The second kappa shape index (κ2) is 3.22. The van der Waals surface area contributed by atoms with E-state index in [0.29, 0.717) is 0 Å². The minimum absolute atomic E-state index is 0.972. The summed E-state index contributed by atoms with van der Waals surface area (Å²) in [7, 11) is 0. The van der Waals surface area contributed by atoms with Crippen LogP contribution in [0.1, 0.15) is 16.8 Å². The van der Waals surface area contributed by atoms with Crippen LogP contribution < -0.4 is 0 Å². The Kier molecular flexibility index (Phi) is 1.89. The van der Waals surface area contributed by atoms with E-state index in [1.165, 1.54) is 16.8 Å². The van der Waals surface area contributed by atoms with Crippen molar-refractivity contribution in [1.29, 1.82) is 0 Å². The highest BCUT2D eigenvalue weighted by molar-refractivity contribution is 7.08. The van der Waals surface area contributed by atoms with Crippen molar-refractivity contribution in [3.63, 3.8) is 0 Å². The van der Waals surface area contributed by atoms with Crippen molar-refractivity contribution in [3.05, 3.63) is 40.1 Å². The third-order valence-electron chi connectivity index (χ3n) is 2.57. The molecule has 0 spiro atoms. The van der Waals surface area contributed by atoms with Gasteiger partial charge in [0.05, 0.1) is 6.33 Å². The molecular weight excluding hydrogens is 194 g/mol. The van der Waals surface area contributed by atoms with Crippen molar-refractivity contribution in [2.45, 2.75) is 19.6 Å². The van der Waals surface area contributed by atoms with Gasteiger partial charge in [-0.2, -0.15) is 11.3 Å². The highest BCUT2D eigenvalue weighted by Crippen LogP contribution is 2.26. The van der Waals surface area contributed by atoms with E-state index in [4.69, 9.17) is 0 Å². The van der Waals surface area contributed by atoms with Crippen LogP contribution in [0.15, 0.2) is 23.3 Å². The average molecular weight is 205 g/mol. The summed E-state index contributed by atoms with van der Waals surface area (Å²) in [4.78, 5) is 9.58. The largest absolute Gasteiger partial charge is 0.347 e. The van der Waals surface area contributed by atoms with Crippen molar-refractivity contribution < 1.29 is 0 Å². The lowest BCUT2D eigenvalue weighted by Crippen LogP contribution is -2.15. The lowest BCUT2D eigenvalue weighted by Gasteiger charge is -2.12. The van der Waals surface area contributed by atoms with Crippen molar-refractivity contribution in [2.75, 3.05) is 0 Å². The molecule has 0 amide bonds. The molecule has 0 unspecified atom stereocenters. The van der Waals surface area contributed by atoms with Gasteiger partial charge in [-0.05, 0) is 21.9 Å². The number of rotatable bonds is 2. The number of hydrogen-bond acceptors (Lipinski definition) is 3. The van der Waals surface area contributed by atoms with Crippen LogP contribution in [0.25, 0.3) is 0 Å². The van der Waals surface area contributed by atoms with Gasteiger partial charge < -0.3 is 4.98 Å². The van der Waals surface area contributed by atoms with Gasteiger partial charge in [-0.3, -0.25) is 4.90 Å². The first-order chi connectivity index (χ1) is 6.92. The van der Waals surface area contributed by atoms with Crippen molar-refractivity contribution in [3.8, 4) is 0 Å². The van der Waals surface area contributed by atoms with Crippen LogP contribution >= 0.6 is 11.3 Å². The second-order valence-electron chi connectivity index (χ2n) is 3.64. The lowest BCUT2D eigenvalue weighted by molar-refractivity contribution is 0.272. The first-order valence-electron chi connectivity index (χ1n) is 4.65. The van der Waals surface area contributed by atoms with Crippen LogP contribution in [0.3, 0.4) is 0 Å². The van der Waals surface area contributed by atoms with Crippen LogP contribution in [0.5, 0.6) is 0 Å². The molecule has 1 aliphatic rings. The van der Waals surface area contributed by atoms with Crippen LogP contribution in [-0.4, -0.2) is 14.9 Å². The van der Waals surface area contributed by atoms with Gasteiger partial charge in [-0.15, -0.1) is 0 Å². The Bertz CT molecular complexity index is 398. The maximum atomic E-state index is 4.02. The Hall–Kier alpha value is -1.13. The smallest absolute Gasteiger partial charge is 0.0922 e. The van der Waals surface area contributed by atoms with Crippen molar-refractivity contribution in [1.82, 2.24) is 14.9 Å². The van der Waals surface area contributed by atoms with E-state index in [2.05, 4.69) is 25.6 Å². The van der Waals surface area contributed by atoms with Gasteiger partial charge in [0.2, 0.25) is 0 Å². The molecule has 0 aliphatic carbocycles. The molecule has 3 nitrogen and oxygen atoms in total. The van der Waals surface area contributed by atoms with Gasteiger partial charge >= 0.3 is 0 Å². The monoisotopic (exact) mass is 205 g/mol. The van der Waals surface area contributed by atoms with Gasteiger partial charge in [0, 0.05) is 31.5 Å². The zero-order chi connectivity index (χ0) is 9.38. The minimum atomic E-state index is 0.972. The molecule has 0 bridgehead atoms. The molecule has 0 saturated carbocycles. The Labute approximate surface area is 86.4 Å². The number of nitrogens with one attached hydrogen (secondary N) is 1. The SMILES string of the molecule is c1ncc(CN2Cc3cscc3C2)[nH]1.